The quantitative estimate of drug-likeness (QED) is 0.119. The molecule has 0 fully saturated rings. The number of carboxylic acid groups (broad SMARTS) is 1. The van der Waals surface area contributed by atoms with E-state index >= 15 is 0 Å². The molecule has 0 saturated heterocycles. The zero-order valence-electron chi connectivity index (χ0n) is 19.1. The second-order valence-electron chi connectivity index (χ2n) is 7.67. The zero-order valence-corrected chi connectivity index (χ0v) is 20.6. The Hall–Kier alpha value is -4.41. The van der Waals surface area contributed by atoms with Gasteiger partial charge >= 0.3 is 5.97 Å². The van der Waals surface area contributed by atoms with Crippen LogP contribution in [0.15, 0.2) is 71.7 Å². The summed E-state index contributed by atoms with van der Waals surface area (Å²) in [6.07, 6.45) is 0. The largest absolute Gasteiger partial charge is 0.480 e. The Morgan fingerprint density at radius 2 is 1.54 bits per heavy atom. The fraction of sp³-hybridized carbons (Fsp3) is 0.0800. The van der Waals surface area contributed by atoms with Crippen LogP contribution in [-0.4, -0.2) is 47.2 Å². The van der Waals surface area contributed by atoms with Crippen LogP contribution in [0.25, 0.3) is 11.1 Å². The average Bonchev–Trinajstić information content (AvgIpc) is 2.85. The molecule has 0 heterocycles. The monoisotopic (exact) mass is 541 g/mol. The van der Waals surface area contributed by atoms with Crippen molar-refractivity contribution in [1.82, 2.24) is 10.6 Å². The number of nitrogens with zero attached hydrogens (tertiary/aromatic N) is 1. The summed E-state index contributed by atoms with van der Waals surface area (Å²) < 4.78 is 0. The molecule has 0 aromatic heterocycles. The lowest BCUT2D eigenvalue weighted by atomic mass is 10.0. The molecule has 10 nitrogen and oxygen atoms in total. The molecule has 0 bridgehead atoms. The number of nitrogens with one attached hydrogen (secondary N) is 2. The minimum atomic E-state index is -1.59. The van der Waals surface area contributed by atoms with Crippen LogP contribution >= 0.6 is 23.2 Å². The molecule has 12 heteroatoms. The number of carbonyl (C=O) groups is 4. The molecule has 37 heavy (non-hydrogen) atoms. The number of Topliss-reactive ketones (excluding diaryl/α,β-unsaturated/α-hetero) is 1. The summed E-state index contributed by atoms with van der Waals surface area (Å²) in [6.45, 7) is -0.587. The Kier molecular flexibility index (Phi) is 8.83. The van der Waals surface area contributed by atoms with Crippen LogP contribution in [0, 0.1) is 0 Å². The summed E-state index contributed by atoms with van der Waals surface area (Å²) in [5.41, 5.74) is 12.2. The molecule has 0 aliphatic rings. The maximum Gasteiger partial charge on any atom is 0.328 e. The third-order valence-electron chi connectivity index (χ3n) is 5.02. The van der Waals surface area contributed by atoms with Gasteiger partial charge in [0.05, 0.1) is 21.3 Å². The van der Waals surface area contributed by atoms with E-state index in [0.29, 0.717) is 5.56 Å². The molecular weight excluding hydrogens is 521 g/mol. The number of nitrogens with two attached hydrogens (primary N) is 2. The minimum absolute atomic E-state index is 0.00728. The van der Waals surface area contributed by atoms with Crippen LogP contribution in [0.5, 0.6) is 0 Å². The molecule has 190 valence electrons. The van der Waals surface area contributed by atoms with Gasteiger partial charge in [0.1, 0.15) is 6.04 Å². The van der Waals surface area contributed by atoms with Crippen molar-refractivity contribution >= 4 is 58.4 Å². The predicted molar refractivity (Wildman–Crippen MR) is 140 cm³/mol. The third-order valence-corrected chi connectivity index (χ3v) is 5.62. The van der Waals surface area contributed by atoms with Gasteiger partial charge in [0, 0.05) is 12.1 Å². The van der Waals surface area contributed by atoms with Gasteiger partial charge < -0.3 is 27.2 Å². The third kappa shape index (κ3) is 7.06. The Balaban J connectivity index is 1.70. The van der Waals surface area contributed by atoms with E-state index in [4.69, 9.17) is 34.7 Å². The van der Waals surface area contributed by atoms with Crippen LogP contribution in [0.3, 0.4) is 0 Å². The number of halogens is 2. The van der Waals surface area contributed by atoms with Gasteiger partial charge in [-0.1, -0.05) is 65.7 Å². The number of hydrogen-bond donors (Lipinski definition) is 5. The highest BCUT2D eigenvalue weighted by atomic mass is 35.5. The zero-order chi connectivity index (χ0) is 27.1. The molecule has 0 radical (unpaired) electrons. The SMILES string of the molecule is NC(N)=Nc1cccc(C(=O)C(=O)NC[C@H](NC(=O)c2c(Cl)cc(-c3ccccc3)cc2Cl)C(=O)O)c1. The number of rotatable bonds is 9. The van der Waals surface area contributed by atoms with Gasteiger partial charge in [-0.3, -0.25) is 14.4 Å². The number of guanidine groups is 1. The summed E-state index contributed by atoms with van der Waals surface area (Å²) in [7, 11) is 0. The predicted octanol–water partition coefficient (Wildman–Crippen LogP) is 2.75. The van der Waals surface area contributed by atoms with E-state index in [9.17, 15) is 24.3 Å². The van der Waals surface area contributed by atoms with Crippen molar-refractivity contribution in [2.75, 3.05) is 6.54 Å². The average molecular weight is 542 g/mol. The van der Waals surface area contributed by atoms with Gasteiger partial charge in [-0.05, 0) is 35.4 Å². The first-order chi connectivity index (χ1) is 17.6. The molecule has 7 N–H and O–H groups in total. The van der Waals surface area contributed by atoms with Crippen LogP contribution in [0.4, 0.5) is 5.69 Å². The minimum Gasteiger partial charge on any atom is -0.480 e. The van der Waals surface area contributed by atoms with Gasteiger partial charge in [0.2, 0.25) is 5.78 Å². The van der Waals surface area contributed by atoms with Crippen molar-refractivity contribution in [3.63, 3.8) is 0 Å². The molecule has 3 aromatic rings. The summed E-state index contributed by atoms with van der Waals surface area (Å²) >= 11 is 12.6. The Labute approximate surface area is 221 Å². The summed E-state index contributed by atoms with van der Waals surface area (Å²) in [4.78, 5) is 53.1. The van der Waals surface area contributed by atoms with Crippen molar-refractivity contribution in [3.8, 4) is 11.1 Å². The number of aliphatic carboxylic acids is 1. The molecule has 2 amide bonds. The van der Waals surface area contributed by atoms with Crippen LogP contribution < -0.4 is 22.1 Å². The lowest BCUT2D eigenvalue weighted by Crippen LogP contribution is -2.49. The lowest BCUT2D eigenvalue weighted by Gasteiger charge is -2.17. The fourth-order valence-electron chi connectivity index (χ4n) is 3.29. The van der Waals surface area contributed by atoms with Gasteiger partial charge in [-0.2, -0.15) is 0 Å². The van der Waals surface area contributed by atoms with Crippen molar-refractivity contribution in [2.45, 2.75) is 6.04 Å². The summed E-state index contributed by atoms with van der Waals surface area (Å²) in [6, 6.07) is 16.3. The highest BCUT2D eigenvalue weighted by molar-refractivity contribution is 6.43. The molecule has 0 spiro atoms. The van der Waals surface area contributed by atoms with Crippen LogP contribution in [0.1, 0.15) is 20.7 Å². The Bertz CT molecular complexity index is 1370. The van der Waals surface area contributed by atoms with Crippen molar-refractivity contribution in [2.24, 2.45) is 16.5 Å². The highest BCUT2D eigenvalue weighted by Crippen LogP contribution is 2.31. The second kappa shape index (κ2) is 12.0. The lowest BCUT2D eigenvalue weighted by molar-refractivity contribution is -0.139. The van der Waals surface area contributed by atoms with E-state index in [1.54, 1.807) is 0 Å². The number of hydrogen-bond acceptors (Lipinski definition) is 5. The van der Waals surface area contributed by atoms with E-state index in [0.717, 1.165) is 5.56 Å². The first-order valence-corrected chi connectivity index (χ1v) is 11.4. The van der Waals surface area contributed by atoms with E-state index in [2.05, 4.69) is 15.6 Å². The van der Waals surface area contributed by atoms with Gasteiger partial charge in [-0.25, -0.2) is 9.79 Å². The number of amides is 2. The van der Waals surface area contributed by atoms with Gasteiger partial charge in [0.15, 0.2) is 5.96 Å². The van der Waals surface area contributed by atoms with Crippen molar-refractivity contribution in [1.29, 1.82) is 0 Å². The number of aliphatic imine (C=N–C) groups is 1. The topological polar surface area (TPSA) is 177 Å². The van der Waals surface area contributed by atoms with E-state index in [1.165, 1.54) is 36.4 Å². The number of benzene rings is 3. The second-order valence-corrected chi connectivity index (χ2v) is 8.49. The Morgan fingerprint density at radius 3 is 2.14 bits per heavy atom. The van der Waals surface area contributed by atoms with E-state index in [-0.39, 0.29) is 32.8 Å². The Morgan fingerprint density at radius 1 is 0.892 bits per heavy atom. The molecule has 3 aromatic carbocycles. The normalized spacial score (nSPS) is 11.2. The smallest absolute Gasteiger partial charge is 0.328 e. The molecule has 0 saturated carbocycles. The standard InChI is InChI=1S/C25H21Cl2N5O5/c26-17-10-15(13-5-2-1-3-6-13)11-18(27)20(17)22(34)32-19(24(36)37)12-30-23(35)21(33)14-7-4-8-16(9-14)31-25(28)29/h1-11,19H,12H2,(H,30,35)(H,32,34)(H,36,37)(H4,28,29,31)/t19-/m0/s1. The molecular formula is C25H21Cl2N5O5. The highest BCUT2D eigenvalue weighted by Gasteiger charge is 2.26. The van der Waals surface area contributed by atoms with Crippen molar-refractivity contribution in [3.05, 3.63) is 87.9 Å². The fourth-order valence-corrected chi connectivity index (χ4v) is 3.95. The van der Waals surface area contributed by atoms with Gasteiger partial charge in [-0.15, -0.1) is 0 Å². The number of ketones is 1. The van der Waals surface area contributed by atoms with Crippen LogP contribution in [-0.2, 0) is 9.59 Å². The summed E-state index contributed by atoms with van der Waals surface area (Å²) in [5.74, 6) is -4.60. The molecule has 0 unspecified atom stereocenters. The van der Waals surface area contributed by atoms with Crippen LogP contribution in [0.2, 0.25) is 10.0 Å². The molecule has 0 aliphatic heterocycles. The molecule has 3 rings (SSSR count). The molecule has 1 atom stereocenters. The van der Waals surface area contributed by atoms with E-state index in [1.807, 2.05) is 30.3 Å². The number of carbonyl (C=O) groups excluding carboxylic acids is 3. The number of carboxylic acids is 1. The van der Waals surface area contributed by atoms with E-state index < -0.39 is 36.2 Å². The maximum absolute atomic E-state index is 12.8. The first-order valence-electron chi connectivity index (χ1n) is 10.7. The summed E-state index contributed by atoms with van der Waals surface area (Å²) in [5, 5.41) is 14.0. The maximum atomic E-state index is 12.8. The van der Waals surface area contributed by atoms with Gasteiger partial charge in [0.25, 0.3) is 11.8 Å². The van der Waals surface area contributed by atoms with Crippen molar-refractivity contribution < 1.29 is 24.3 Å². The first kappa shape index (κ1) is 27.2. The molecule has 0 aliphatic carbocycles.